The molecule has 0 spiro atoms. The van der Waals surface area contributed by atoms with Gasteiger partial charge in [0.25, 0.3) is 0 Å². The summed E-state index contributed by atoms with van der Waals surface area (Å²) in [6.45, 7) is 2.44. The standard InChI is InChI=1S/C25H32ClN5/c26-22-16-29-25(31-24(22)21-15-28-23-6-2-1-5-20(21)23)30-19-11-9-17(10-12-19)7-8-18-4-3-13-27-14-18/h1-2,5-6,15-19,27-28H,3-4,7-14H2,(H,29,30,31). The van der Waals surface area contributed by atoms with E-state index in [0.29, 0.717) is 17.0 Å². The SMILES string of the molecule is Clc1cnc(NC2CCC(CCC3CCCNC3)CC2)nc1-c1c[nH]c2ccccc12. The first kappa shape index (κ1) is 20.8. The number of nitrogens with zero attached hydrogens (tertiary/aromatic N) is 2. The van der Waals surface area contributed by atoms with Crippen molar-refractivity contribution in [3.8, 4) is 11.3 Å². The third-order valence-electron chi connectivity index (χ3n) is 7.15. The van der Waals surface area contributed by atoms with Crippen molar-refractivity contribution in [2.45, 2.75) is 57.4 Å². The van der Waals surface area contributed by atoms with Gasteiger partial charge in [0, 0.05) is 28.7 Å². The van der Waals surface area contributed by atoms with E-state index < -0.39 is 0 Å². The molecule has 1 aromatic carbocycles. The normalized spacial score (nSPS) is 24.4. The second-order valence-electron chi connectivity index (χ2n) is 9.29. The molecule has 2 aromatic heterocycles. The summed E-state index contributed by atoms with van der Waals surface area (Å²) in [7, 11) is 0. The maximum atomic E-state index is 6.48. The largest absolute Gasteiger partial charge is 0.360 e. The second-order valence-corrected chi connectivity index (χ2v) is 9.70. The molecule has 0 radical (unpaired) electrons. The van der Waals surface area contributed by atoms with Crippen LogP contribution in [0.3, 0.4) is 0 Å². The van der Waals surface area contributed by atoms with Gasteiger partial charge in [-0.25, -0.2) is 9.97 Å². The van der Waals surface area contributed by atoms with Crippen LogP contribution in [-0.2, 0) is 0 Å². The Bertz CT molecular complexity index is 1000. The molecule has 1 saturated heterocycles. The van der Waals surface area contributed by atoms with Crippen molar-refractivity contribution < 1.29 is 0 Å². The molecule has 1 unspecified atom stereocenters. The van der Waals surface area contributed by atoms with Gasteiger partial charge < -0.3 is 15.6 Å². The van der Waals surface area contributed by atoms with Crippen LogP contribution in [0.2, 0.25) is 5.02 Å². The highest BCUT2D eigenvalue weighted by molar-refractivity contribution is 6.33. The van der Waals surface area contributed by atoms with Gasteiger partial charge in [-0.2, -0.15) is 0 Å². The second kappa shape index (κ2) is 9.58. The van der Waals surface area contributed by atoms with Crippen molar-refractivity contribution in [1.82, 2.24) is 20.3 Å². The van der Waals surface area contributed by atoms with Gasteiger partial charge in [-0.05, 0) is 75.9 Å². The fraction of sp³-hybridized carbons (Fsp3) is 0.520. The van der Waals surface area contributed by atoms with E-state index >= 15 is 0 Å². The lowest BCUT2D eigenvalue weighted by Crippen LogP contribution is -2.31. The molecular weight excluding hydrogens is 406 g/mol. The Labute approximate surface area is 189 Å². The van der Waals surface area contributed by atoms with Gasteiger partial charge in [0.2, 0.25) is 5.95 Å². The highest BCUT2D eigenvalue weighted by Crippen LogP contribution is 2.34. The van der Waals surface area contributed by atoms with E-state index in [-0.39, 0.29) is 0 Å². The molecule has 164 valence electrons. The number of benzene rings is 1. The molecule has 1 aliphatic carbocycles. The minimum atomic E-state index is 0.449. The minimum Gasteiger partial charge on any atom is -0.360 e. The summed E-state index contributed by atoms with van der Waals surface area (Å²) in [5.41, 5.74) is 2.89. The van der Waals surface area contributed by atoms with Crippen molar-refractivity contribution >= 4 is 28.5 Å². The van der Waals surface area contributed by atoms with Crippen LogP contribution in [0.4, 0.5) is 5.95 Å². The fourth-order valence-corrected chi connectivity index (χ4v) is 5.51. The Balaban J connectivity index is 1.19. The van der Waals surface area contributed by atoms with Crippen molar-refractivity contribution in [2.24, 2.45) is 11.8 Å². The number of hydrogen-bond acceptors (Lipinski definition) is 4. The Morgan fingerprint density at radius 3 is 2.71 bits per heavy atom. The molecule has 6 heteroatoms. The van der Waals surface area contributed by atoms with Crippen LogP contribution < -0.4 is 10.6 Å². The molecular formula is C25H32ClN5. The average molecular weight is 438 g/mol. The summed E-state index contributed by atoms with van der Waals surface area (Å²) in [4.78, 5) is 12.6. The predicted molar refractivity (Wildman–Crippen MR) is 129 cm³/mol. The first-order valence-electron chi connectivity index (χ1n) is 11.8. The van der Waals surface area contributed by atoms with Gasteiger partial charge in [-0.1, -0.05) is 36.2 Å². The quantitative estimate of drug-likeness (QED) is 0.440. The molecule has 3 heterocycles. The first-order chi connectivity index (χ1) is 15.3. The van der Waals surface area contributed by atoms with E-state index in [2.05, 4.69) is 32.7 Å². The summed E-state index contributed by atoms with van der Waals surface area (Å²) in [6.07, 6.45) is 14.3. The first-order valence-corrected chi connectivity index (χ1v) is 12.2. The van der Waals surface area contributed by atoms with Gasteiger partial charge in [0.05, 0.1) is 16.9 Å². The molecule has 2 aliphatic rings. The maximum absolute atomic E-state index is 6.48. The molecule has 3 N–H and O–H groups in total. The van der Waals surface area contributed by atoms with E-state index in [4.69, 9.17) is 16.6 Å². The molecule has 1 aliphatic heterocycles. The van der Waals surface area contributed by atoms with Crippen LogP contribution in [0.15, 0.2) is 36.7 Å². The summed E-state index contributed by atoms with van der Waals surface area (Å²) in [5.74, 6) is 2.46. The number of piperidine rings is 1. The van der Waals surface area contributed by atoms with Crippen molar-refractivity contribution in [1.29, 1.82) is 0 Å². The van der Waals surface area contributed by atoms with Gasteiger partial charge in [-0.3, -0.25) is 0 Å². The lowest BCUT2D eigenvalue weighted by atomic mass is 9.81. The Hall–Kier alpha value is -2.11. The zero-order chi connectivity index (χ0) is 21.0. The van der Waals surface area contributed by atoms with Crippen LogP contribution in [0.1, 0.15) is 51.4 Å². The number of halogens is 1. The number of aromatic nitrogens is 3. The molecule has 0 bridgehead atoms. The van der Waals surface area contributed by atoms with E-state index in [1.54, 1.807) is 6.20 Å². The van der Waals surface area contributed by atoms with E-state index in [1.165, 1.54) is 64.5 Å². The molecule has 5 rings (SSSR count). The fourth-order valence-electron chi connectivity index (χ4n) is 5.31. The average Bonchev–Trinajstić information content (AvgIpc) is 3.25. The Morgan fingerprint density at radius 1 is 1.03 bits per heavy atom. The van der Waals surface area contributed by atoms with Crippen molar-refractivity contribution in [2.75, 3.05) is 18.4 Å². The molecule has 3 aromatic rings. The number of rotatable bonds is 6. The van der Waals surface area contributed by atoms with Crippen LogP contribution in [0, 0.1) is 11.8 Å². The number of para-hydroxylation sites is 1. The molecule has 1 atom stereocenters. The van der Waals surface area contributed by atoms with Crippen LogP contribution in [0.25, 0.3) is 22.2 Å². The van der Waals surface area contributed by atoms with Crippen LogP contribution in [0.5, 0.6) is 0 Å². The number of H-pyrrole nitrogens is 1. The number of fused-ring (bicyclic) bond motifs is 1. The molecule has 0 amide bonds. The minimum absolute atomic E-state index is 0.449. The Kier molecular flexibility index (Phi) is 6.42. The summed E-state index contributed by atoms with van der Waals surface area (Å²) >= 11 is 6.48. The summed E-state index contributed by atoms with van der Waals surface area (Å²) < 4.78 is 0. The highest BCUT2D eigenvalue weighted by atomic mass is 35.5. The topological polar surface area (TPSA) is 65.6 Å². The third kappa shape index (κ3) is 4.88. The number of hydrogen-bond donors (Lipinski definition) is 3. The van der Waals surface area contributed by atoms with E-state index in [9.17, 15) is 0 Å². The van der Waals surface area contributed by atoms with Gasteiger partial charge in [-0.15, -0.1) is 0 Å². The highest BCUT2D eigenvalue weighted by Gasteiger charge is 2.23. The maximum Gasteiger partial charge on any atom is 0.223 e. The molecule has 2 fully saturated rings. The van der Waals surface area contributed by atoms with Gasteiger partial charge in [0.15, 0.2) is 0 Å². The summed E-state index contributed by atoms with van der Waals surface area (Å²) in [6, 6.07) is 8.68. The smallest absolute Gasteiger partial charge is 0.223 e. The van der Waals surface area contributed by atoms with E-state index in [1.807, 2.05) is 18.3 Å². The van der Waals surface area contributed by atoms with Crippen LogP contribution >= 0.6 is 11.6 Å². The van der Waals surface area contributed by atoms with Crippen LogP contribution in [-0.4, -0.2) is 34.1 Å². The molecule has 1 saturated carbocycles. The number of anilines is 1. The number of aromatic amines is 1. The van der Waals surface area contributed by atoms with Gasteiger partial charge >= 0.3 is 0 Å². The van der Waals surface area contributed by atoms with Gasteiger partial charge in [0.1, 0.15) is 0 Å². The van der Waals surface area contributed by atoms with Crippen molar-refractivity contribution in [3.63, 3.8) is 0 Å². The zero-order valence-electron chi connectivity index (χ0n) is 18.0. The van der Waals surface area contributed by atoms with Crippen molar-refractivity contribution in [3.05, 3.63) is 41.7 Å². The molecule has 5 nitrogen and oxygen atoms in total. The lowest BCUT2D eigenvalue weighted by Gasteiger charge is -2.31. The number of nitrogens with one attached hydrogen (secondary N) is 3. The predicted octanol–water partition coefficient (Wildman–Crippen LogP) is 6.03. The Morgan fingerprint density at radius 2 is 1.87 bits per heavy atom. The molecule has 31 heavy (non-hydrogen) atoms. The summed E-state index contributed by atoms with van der Waals surface area (Å²) in [5, 5.41) is 8.84. The zero-order valence-corrected chi connectivity index (χ0v) is 18.8. The monoisotopic (exact) mass is 437 g/mol. The lowest BCUT2D eigenvalue weighted by molar-refractivity contribution is 0.273. The third-order valence-corrected chi connectivity index (χ3v) is 7.43. The van der Waals surface area contributed by atoms with E-state index in [0.717, 1.165) is 34.0 Å².